The zero-order chi connectivity index (χ0) is 15.8. The van der Waals surface area contributed by atoms with E-state index in [2.05, 4.69) is 30.4 Å². The van der Waals surface area contributed by atoms with E-state index in [0.29, 0.717) is 0 Å². The molecule has 114 valence electrons. The zero-order valence-electron chi connectivity index (χ0n) is 13.0. The minimum atomic E-state index is -0.0706. The molecule has 1 aliphatic rings. The number of amides is 2. The molecule has 0 radical (unpaired) electrons. The van der Waals surface area contributed by atoms with Crippen LogP contribution in [-0.2, 0) is 6.42 Å². The predicted molar refractivity (Wildman–Crippen MR) is 95.1 cm³/mol. The zero-order valence-corrected chi connectivity index (χ0v) is 13.0. The van der Waals surface area contributed by atoms with Gasteiger partial charge in [-0.25, -0.2) is 4.79 Å². The van der Waals surface area contributed by atoms with Crippen LogP contribution >= 0.6 is 0 Å². The summed E-state index contributed by atoms with van der Waals surface area (Å²) >= 11 is 0. The van der Waals surface area contributed by atoms with E-state index in [0.717, 1.165) is 28.6 Å². The first kappa shape index (κ1) is 13.8. The normalized spacial score (nSPS) is 16.4. The first-order valence-corrected chi connectivity index (χ1v) is 7.90. The molecule has 3 aromatic rings. The highest BCUT2D eigenvalue weighted by atomic mass is 16.2. The van der Waals surface area contributed by atoms with Gasteiger partial charge < -0.3 is 5.32 Å². The summed E-state index contributed by atoms with van der Waals surface area (Å²) in [7, 11) is 0. The Bertz CT molecular complexity index is 882. The van der Waals surface area contributed by atoms with Crippen LogP contribution in [0.2, 0.25) is 0 Å². The Hall–Kier alpha value is -2.81. The molecule has 3 aromatic carbocycles. The number of carbonyl (C=O) groups is 1. The molecule has 0 bridgehead atoms. The summed E-state index contributed by atoms with van der Waals surface area (Å²) in [6.07, 6.45) is 0.902. The van der Waals surface area contributed by atoms with E-state index in [1.54, 1.807) is 0 Å². The maximum absolute atomic E-state index is 12.8. The van der Waals surface area contributed by atoms with Crippen LogP contribution in [0.5, 0.6) is 0 Å². The molecule has 3 heteroatoms. The fourth-order valence-electron chi connectivity index (χ4n) is 3.38. The van der Waals surface area contributed by atoms with Crippen molar-refractivity contribution in [2.75, 3.05) is 10.2 Å². The third-order valence-corrected chi connectivity index (χ3v) is 4.46. The van der Waals surface area contributed by atoms with Crippen LogP contribution in [0.1, 0.15) is 12.5 Å². The molecule has 4 rings (SSSR count). The van der Waals surface area contributed by atoms with Crippen molar-refractivity contribution in [2.45, 2.75) is 19.4 Å². The van der Waals surface area contributed by atoms with E-state index < -0.39 is 0 Å². The number of para-hydroxylation sites is 1. The van der Waals surface area contributed by atoms with E-state index in [9.17, 15) is 4.79 Å². The molecule has 0 aliphatic carbocycles. The smallest absolute Gasteiger partial charge is 0.307 e. The molecule has 1 aliphatic heterocycles. The maximum atomic E-state index is 12.8. The first-order valence-electron chi connectivity index (χ1n) is 7.90. The molecule has 2 amide bonds. The summed E-state index contributed by atoms with van der Waals surface area (Å²) in [4.78, 5) is 14.7. The number of nitrogens with one attached hydrogen (secondary N) is 1. The number of hydrogen-bond acceptors (Lipinski definition) is 1. The monoisotopic (exact) mass is 302 g/mol. The number of urea groups is 1. The molecular formula is C20H18N2O. The average Bonchev–Trinajstić information content (AvgIpc) is 2.91. The van der Waals surface area contributed by atoms with E-state index >= 15 is 0 Å². The molecule has 0 unspecified atom stereocenters. The Morgan fingerprint density at radius 2 is 1.74 bits per heavy atom. The SMILES string of the molecule is C[C@H]1Cc2ccccc2N1C(=O)Nc1cccc2ccccc12. The number of anilines is 2. The molecule has 3 nitrogen and oxygen atoms in total. The van der Waals surface area contributed by atoms with Crippen molar-refractivity contribution in [3.63, 3.8) is 0 Å². The minimum absolute atomic E-state index is 0.0706. The summed E-state index contributed by atoms with van der Waals surface area (Å²) in [5.74, 6) is 0. The highest BCUT2D eigenvalue weighted by Crippen LogP contribution is 2.33. The second-order valence-corrected chi connectivity index (χ2v) is 6.01. The number of hydrogen-bond donors (Lipinski definition) is 1. The van der Waals surface area contributed by atoms with Crippen LogP contribution in [0.25, 0.3) is 10.8 Å². The van der Waals surface area contributed by atoms with Crippen molar-refractivity contribution >= 4 is 28.2 Å². The third-order valence-electron chi connectivity index (χ3n) is 4.46. The van der Waals surface area contributed by atoms with Gasteiger partial charge in [0.2, 0.25) is 0 Å². The molecule has 1 N–H and O–H groups in total. The van der Waals surface area contributed by atoms with Gasteiger partial charge in [-0.05, 0) is 36.4 Å². The average molecular weight is 302 g/mol. The summed E-state index contributed by atoms with van der Waals surface area (Å²) < 4.78 is 0. The lowest BCUT2D eigenvalue weighted by Gasteiger charge is -2.23. The van der Waals surface area contributed by atoms with E-state index in [-0.39, 0.29) is 12.1 Å². The minimum Gasteiger partial charge on any atom is -0.307 e. The molecule has 23 heavy (non-hydrogen) atoms. The van der Waals surface area contributed by atoms with Crippen LogP contribution in [-0.4, -0.2) is 12.1 Å². The van der Waals surface area contributed by atoms with Crippen molar-refractivity contribution in [1.82, 2.24) is 0 Å². The van der Waals surface area contributed by atoms with Gasteiger partial charge in [0.25, 0.3) is 0 Å². The van der Waals surface area contributed by atoms with Gasteiger partial charge in [-0.1, -0.05) is 54.6 Å². The van der Waals surface area contributed by atoms with Gasteiger partial charge in [0, 0.05) is 17.1 Å². The Morgan fingerprint density at radius 3 is 2.65 bits per heavy atom. The Balaban J connectivity index is 1.68. The Morgan fingerprint density at radius 1 is 1.00 bits per heavy atom. The van der Waals surface area contributed by atoms with E-state index in [1.807, 2.05) is 53.4 Å². The molecule has 0 fully saturated rings. The molecule has 1 heterocycles. The molecule has 0 aromatic heterocycles. The van der Waals surface area contributed by atoms with Gasteiger partial charge in [0.15, 0.2) is 0 Å². The third kappa shape index (κ3) is 2.34. The lowest BCUT2D eigenvalue weighted by Crippen LogP contribution is -2.39. The quantitative estimate of drug-likeness (QED) is 0.686. The largest absolute Gasteiger partial charge is 0.326 e. The molecule has 0 spiro atoms. The number of nitrogens with zero attached hydrogens (tertiary/aromatic N) is 1. The van der Waals surface area contributed by atoms with Crippen molar-refractivity contribution in [1.29, 1.82) is 0 Å². The van der Waals surface area contributed by atoms with Crippen LogP contribution in [0.4, 0.5) is 16.2 Å². The summed E-state index contributed by atoms with van der Waals surface area (Å²) in [5, 5.41) is 5.27. The van der Waals surface area contributed by atoms with Crippen LogP contribution in [0.15, 0.2) is 66.7 Å². The van der Waals surface area contributed by atoms with Crippen molar-refractivity contribution in [2.24, 2.45) is 0 Å². The fraction of sp³-hybridized carbons (Fsp3) is 0.150. The van der Waals surface area contributed by atoms with Crippen LogP contribution in [0, 0.1) is 0 Å². The molecule has 1 atom stereocenters. The van der Waals surface area contributed by atoms with Gasteiger partial charge in [0.1, 0.15) is 0 Å². The number of carbonyl (C=O) groups excluding carboxylic acids is 1. The standard InChI is InChI=1S/C20H18N2O/c1-14-13-16-8-3-5-12-19(16)22(14)20(23)21-18-11-6-9-15-7-2-4-10-17(15)18/h2-12,14H,13H2,1H3,(H,21,23)/t14-/m0/s1. The van der Waals surface area contributed by atoms with E-state index in [1.165, 1.54) is 5.56 Å². The number of benzene rings is 3. The van der Waals surface area contributed by atoms with Gasteiger partial charge >= 0.3 is 6.03 Å². The van der Waals surface area contributed by atoms with Gasteiger partial charge in [-0.15, -0.1) is 0 Å². The van der Waals surface area contributed by atoms with Crippen molar-refractivity contribution < 1.29 is 4.79 Å². The Kier molecular flexibility index (Phi) is 3.27. The first-order chi connectivity index (χ1) is 11.2. The van der Waals surface area contributed by atoms with Crippen molar-refractivity contribution in [3.05, 3.63) is 72.3 Å². The Labute approximate surface area is 135 Å². The molecule has 0 saturated heterocycles. The summed E-state index contributed by atoms with van der Waals surface area (Å²) in [6, 6.07) is 22.3. The topological polar surface area (TPSA) is 32.3 Å². The second kappa shape index (κ2) is 5.43. The predicted octanol–water partition coefficient (Wildman–Crippen LogP) is 4.82. The molecule has 0 saturated carbocycles. The lowest BCUT2D eigenvalue weighted by molar-refractivity contribution is 0.256. The highest BCUT2D eigenvalue weighted by molar-refractivity contribution is 6.08. The maximum Gasteiger partial charge on any atom is 0.326 e. The van der Waals surface area contributed by atoms with Crippen LogP contribution in [0.3, 0.4) is 0 Å². The van der Waals surface area contributed by atoms with Gasteiger partial charge in [-0.3, -0.25) is 4.90 Å². The lowest BCUT2D eigenvalue weighted by atomic mass is 10.1. The fourth-order valence-corrected chi connectivity index (χ4v) is 3.38. The summed E-state index contributed by atoms with van der Waals surface area (Å²) in [6.45, 7) is 2.09. The van der Waals surface area contributed by atoms with Gasteiger partial charge in [0.05, 0.1) is 5.69 Å². The van der Waals surface area contributed by atoms with Crippen LogP contribution < -0.4 is 10.2 Å². The van der Waals surface area contributed by atoms with Crippen molar-refractivity contribution in [3.8, 4) is 0 Å². The summed E-state index contributed by atoms with van der Waals surface area (Å²) in [5.41, 5.74) is 3.09. The highest BCUT2D eigenvalue weighted by Gasteiger charge is 2.30. The molecular weight excluding hydrogens is 284 g/mol. The van der Waals surface area contributed by atoms with E-state index in [4.69, 9.17) is 0 Å². The van der Waals surface area contributed by atoms with Gasteiger partial charge in [-0.2, -0.15) is 0 Å². The number of fused-ring (bicyclic) bond motifs is 2. The second-order valence-electron chi connectivity index (χ2n) is 6.01. The number of rotatable bonds is 1.